The van der Waals surface area contributed by atoms with Crippen molar-refractivity contribution in [3.63, 3.8) is 0 Å². The summed E-state index contributed by atoms with van der Waals surface area (Å²) in [6.07, 6.45) is 3.77. The number of thiocarbonyl (C=S) groups is 1. The number of hydrazone groups is 1. The molecule has 0 spiro atoms. The minimum atomic E-state index is 0.176. The molecule has 0 radical (unpaired) electrons. The zero-order chi connectivity index (χ0) is 15.4. The zero-order valence-corrected chi connectivity index (χ0v) is 13.4. The Hall–Kier alpha value is -2.20. The normalized spacial score (nSPS) is 16.8. The zero-order valence-electron chi connectivity index (χ0n) is 12.6. The van der Waals surface area contributed by atoms with Gasteiger partial charge in [-0.05, 0) is 35.8 Å². The largest absolute Gasteiger partial charge is 0.331 e. The van der Waals surface area contributed by atoms with Gasteiger partial charge < -0.3 is 5.32 Å². The molecule has 3 rings (SSSR count). The number of para-hydroxylation sites is 1. The molecule has 4 heteroatoms. The maximum absolute atomic E-state index is 5.58. The van der Waals surface area contributed by atoms with Crippen molar-refractivity contribution in [2.45, 2.75) is 25.8 Å². The molecule has 0 unspecified atom stereocenters. The van der Waals surface area contributed by atoms with E-state index in [1.165, 1.54) is 11.1 Å². The molecular formula is C18H19N3S. The van der Waals surface area contributed by atoms with Crippen molar-refractivity contribution >= 4 is 29.2 Å². The molecule has 1 N–H and O–H groups in total. The fraction of sp³-hybridized carbons (Fsp3) is 0.222. The Labute approximate surface area is 136 Å². The summed E-state index contributed by atoms with van der Waals surface area (Å²) < 4.78 is 0. The maximum Gasteiger partial charge on any atom is 0.194 e. The Kier molecular flexibility index (Phi) is 4.49. The highest BCUT2D eigenvalue weighted by atomic mass is 32.1. The molecule has 0 fully saturated rings. The van der Waals surface area contributed by atoms with Crippen molar-refractivity contribution in [3.8, 4) is 0 Å². The van der Waals surface area contributed by atoms with Gasteiger partial charge >= 0.3 is 0 Å². The third-order valence-corrected chi connectivity index (χ3v) is 4.15. The lowest BCUT2D eigenvalue weighted by atomic mass is 10.1. The second-order valence-electron chi connectivity index (χ2n) is 5.25. The molecule has 2 aromatic rings. The van der Waals surface area contributed by atoms with Crippen LogP contribution in [0.5, 0.6) is 0 Å². The predicted molar refractivity (Wildman–Crippen MR) is 96.2 cm³/mol. The van der Waals surface area contributed by atoms with Crippen molar-refractivity contribution in [2.75, 3.05) is 5.32 Å². The van der Waals surface area contributed by atoms with E-state index in [1.54, 1.807) is 0 Å². The molecule has 3 nitrogen and oxygen atoms in total. The van der Waals surface area contributed by atoms with Gasteiger partial charge in [-0.2, -0.15) is 5.10 Å². The number of rotatable bonds is 3. The van der Waals surface area contributed by atoms with Crippen LogP contribution in [-0.4, -0.2) is 16.3 Å². The highest BCUT2D eigenvalue weighted by molar-refractivity contribution is 7.80. The summed E-state index contributed by atoms with van der Waals surface area (Å²) in [5.41, 5.74) is 3.54. The van der Waals surface area contributed by atoms with Crippen molar-refractivity contribution in [1.82, 2.24) is 5.01 Å². The van der Waals surface area contributed by atoms with Crippen LogP contribution >= 0.6 is 12.2 Å². The Balaban J connectivity index is 1.78. The SMILES string of the molecule is CCc1ccccc1NC(=S)N1N=CC[C@H]1c1ccccc1. The summed E-state index contributed by atoms with van der Waals surface area (Å²) in [5, 5.41) is 10.3. The smallest absolute Gasteiger partial charge is 0.194 e. The molecule has 0 saturated heterocycles. The van der Waals surface area contributed by atoms with Crippen LogP contribution in [-0.2, 0) is 6.42 Å². The van der Waals surface area contributed by atoms with E-state index in [4.69, 9.17) is 12.2 Å². The second kappa shape index (κ2) is 6.71. The van der Waals surface area contributed by atoms with Crippen molar-refractivity contribution < 1.29 is 0 Å². The Morgan fingerprint density at radius 2 is 1.91 bits per heavy atom. The van der Waals surface area contributed by atoms with Gasteiger partial charge in [0.1, 0.15) is 0 Å². The molecule has 1 aliphatic heterocycles. The third kappa shape index (κ3) is 3.02. The molecular weight excluding hydrogens is 290 g/mol. The summed E-state index contributed by atoms with van der Waals surface area (Å²) in [5.74, 6) is 0. The van der Waals surface area contributed by atoms with Gasteiger partial charge in [0.05, 0.1) is 6.04 Å². The molecule has 22 heavy (non-hydrogen) atoms. The lowest BCUT2D eigenvalue weighted by Crippen LogP contribution is -2.31. The number of hydrogen-bond donors (Lipinski definition) is 1. The lowest BCUT2D eigenvalue weighted by molar-refractivity contribution is 0.375. The fourth-order valence-electron chi connectivity index (χ4n) is 2.68. The lowest BCUT2D eigenvalue weighted by Gasteiger charge is -2.25. The quantitative estimate of drug-likeness (QED) is 0.853. The van der Waals surface area contributed by atoms with Crippen molar-refractivity contribution in [1.29, 1.82) is 0 Å². The average Bonchev–Trinajstić information content (AvgIpc) is 3.06. The molecule has 2 aromatic carbocycles. The van der Waals surface area contributed by atoms with Crippen LogP contribution in [0.2, 0.25) is 0 Å². The summed E-state index contributed by atoms with van der Waals surface area (Å²) in [6, 6.07) is 18.8. The van der Waals surface area contributed by atoms with Gasteiger partial charge in [-0.3, -0.25) is 0 Å². The molecule has 0 amide bonds. The summed E-state index contributed by atoms with van der Waals surface area (Å²) in [7, 11) is 0. The maximum atomic E-state index is 5.58. The summed E-state index contributed by atoms with van der Waals surface area (Å²) in [4.78, 5) is 0. The van der Waals surface area contributed by atoms with E-state index in [9.17, 15) is 0 Å². The first-order valence-corrected chi connectivity index (χ1v) is 7.96. The highest BCUT2D eigenvalue weighted by Gasteiger charge is 2.26. The van der Waals surface area contributed by atoms with E-state index in [0.29, 0.717) is 5.11 Å². The molecule has 112 valence electrons. The average molecular weight is 309 g/mol. The fourth-order valence-corrected chi connectivity index (χ4v) is 2.97. The molecule has 1 atom stereocenters. The third-order valence-electron chi connectivity index (χ3n) is 3.86. The number of anilines is 1. The molecule has 0 saturated carbocycles. The molecule has 1 aliphatic rings. The summed E-state index contributed by atoms with van der Waals surface area (Å²) in [6.45, 7) is 2.14. The number of aryl methyl sites for hydroxylation is 1. The predicted octanol–water partition coefficient (Wildman–Crippen LogP) is 4.38. The second-order valence-corrected chi connectivity index (χ2v) is 5.63. The van der Waals surface area contributed by atoms with E-state index >= 15 is 0 Å². The first-order chi connectivity index (χ1) is 10.8. The standard InChI is InChI=1S/C18H19N3S/c1-2-14-8-6-7-11-16(14)20-18(22)21-17(12-13-19-21)15-9-4-3-5-10-15/h3-11,13,17H,2,12H2,1H3,(H,20,22)/t17-/m0/s1. The first kappa shape index (κ1) is 14.7. The van der Waals surface area contributed by atoms with Gasteiger partial charge in [0.15, 0.2) is 5.11 Å². The van der Waals surface area contributed by atoms with Crippen molar-refractivity contribution in [2.24, 2.45) is 5.10 Å². The van der Waals surface area contributed by atoms with E-state index in [1.807, 2.05) is 29.4 Å². The van der Waals surface area contributed by atoms with Crippen LogP contribution in [0.15, 0.2) is 59.7 Å². The topological polar surface area (TPSA) is 27.6 Å². The number of nitrogens with zero attached hydrogens (tertiary/aromatic N) is 2. The van der Waals surface area contributed by atoms with Gasteiger partial charge in [0, 0.05) is 18.3 Å². The minimum absolute atomic E-state index is 0.176. The van der Waals surface area contributed by atoms with Crippen LogP contribution < -0.4 is 5.32 Å². The monoisotopic (exact) mass is 309 g/mol. The molecule has 0 aliphatic carbocycles. The van der Waals surface area contributed by atoms with Crippen LogP contribution in [0.4, 0.5) is 5.69 Å². The minimum Gasteiger partial charge on any atom is -0.331 e. The van der Waals surface area contributed by atoms with Crippen LogP contribution in [0, 0.1) is 0 Å². The van der Waals surface area contributed by atoms with Crippen LogP contribution in [0.3, 0.4) is 0 Å². The van der Waals surface area contributed by atoms with Gasteiger partial charge in [0.25, 0.3) is 0 Å². The number of benzene rings is 2. The van der Waals surface area contributed by atoms with Crippen LogP contribution in [0.1, 0.15) is 30.5 Å². The Bertz CT molecular complexity index is 682. The highest BCUT2D eigenvalue weighted by Crippen LogP contribution is 2.29. The Morgan fingerprint density at radius 3 is 2.68 bits per heavy atom. The van der Waals surface area contributed by atoms with Gasteiger partial charge in [-0.25, -0.2) is 5.01 Å². The first-order valence-electron chi connectivity index (χ1n) is 7.55. The molecule has 1 heterocycles. The van der Waals surface area contributed by atoms with Gasteiger partial charge in [0.2, 0.25) is 0 Å². The molecule has 0 bridgehead atoms. The van der Waals surface area contributed by atoms with Crippen molar-refractivity contribution in [3.05, 3.63) is 65.7 Å². The Morgan fingerprint density at radius 1 is 1.18 bits per heavy atom. The van der Waals surface area contributed by atoms with E-state index in [0.717, 1.165) is 18.5 Å². The number of nitrogens with one attached hydrogen (secondary N) is 1. The van der Waals surface area contributed by atoms with Gasteiger partial charge in [-0.1, -0.05) is 55.5 Å². The van der Waals surface area contributed by atoms with E-state index in [2.05, 4.69) is 53.7 Å². The van der Waals surface area contributed by atoms with Crippen LogP contribution in [0.25, 0.3) is 0 Å². The van der Waals surface area contributed by atoms with E-state index < -0.39 is 0 Å². The number of hydrogen-bond acceptors (Lipinski definition) is 2. The van der Waals surface area contributed by atoms with E-state index in [-0.39, 0.29) is 6.04 Å². The van der Waals surface area contributed by atoms with Gasteiger partial charge in [-0.15, -0.1) is 0 Å². The summed E-state index contributed by atoms with van der Waals surface area (Å²) >= 11 is 5.58. The molecule has 0 aromatic heterocycles.